The van der Waals surface area contributed by atoms with E-state index in [1.165, 1.54) is 16.3 Å². The summed E-state index contributed by atoms with van der Waals surface area (Å²) in [5, 5.41) is 2.50. The maximum atomic E-state index is 6.53. The average Bonchev–Trinajstić information content (AvgIpc) is 2.26. The van der Waals surface area contributed by atoms with Crippen LogP contribution in [0.3, 0.4) is 0 Å². The van der Waals surface area contributed by atoms with Crippen LogP contribution in [-0.2, 0) is 0 Å². The molecular formula is C14H17ClN+. The number of alkyl halides is 1. The van der Waals surface area contributed by atoms with Crippen molar-refractivity contribution in [1.82, 2.24) is 0 Å². The Morgan fingerprint density at radius 2 is 1.56 bits per heavy atom. The molecule has 0 fully saturated rings. The van der Waals surface area contributed by atoms with Crippen LogP contribution >= 0.6 is 11.6 Å². The van der Waals surface area contributed by atoms with Crippen molar-refractivity contribution in [3.05, 3.63) is 48.0 Å². The van der Waals surface area contributed by atoms with E-state index < -0.39 is 0 Å². The van der Waals surface area contributed by atoms with Crippen LogP contribution in [0.1, 0.15) is 11.1 Å². The predicted molar refractivity (Wildman–Crippen MR) is 70.6 cm³/mol. The molecule has 1 nitrogen and oxygen atoms in total. The molecule has 2 aromatic carbocycles. The van der Waals surface area contributed by atoms with Crippen LogP contribution in [0.25, 0.3) is 10.8 Å². The number of quaternary nitrogens is 1. The van der Waals surface area contributed by atoms with Crippen LogP contribution in [0.2, 0.25) is 0 Å². The van der Waals surface area contributed by atoms with Gasteiger partial charge in [0, 0.05) is 5.56 Å². The number of fused-ring (bicyclic) bond motifs is 1. The monoisotopic (exact) mass is 234 g/mol. The first-order valence-electron chi connectivity index (χ1n) is 5.43. The zero-order valence-electron chi connectivity index (χ0n) is 9.94. The van der Waals surface area contributed by atoms with Crippen LogP contribution in [0.5, 0.6) is 0 Å². The third-order valence-corrected chi connectivity index (χ3v) is 3.58. The Balaban J connectivity index is 2.61. The van der Waals surface area contributed by atoms with Gasteiger partial charge in [-0.05, 0) is 10.8 Å². The van der Waals surface area contributed by atoms with Crippen LogP contribution in [0.4, 0.5) is 0 Å². The molecule has 0 spiro atoms. The lowest BCUT2D eigenvalue weighted by Gasteiger charge is -2.30. The number of rotatable bonds is 2. The zero-order valence-corrected chi connectivity index (χ0v) is 10.7. The van der Waals surface area contributed by atoms with Gasteiger partial charge in [0.05, 0.1) is 21.1 Å². The molecule has 0 saturated heterocycles. The second-order valence-corrected chi connectivity index (χ2v) is 5.43. The summed E-state index contributed by atoms with van der Waals surface area (Å²) >= 11 is 6.53. The first-order chi connectivity index (χ1) is 7.50. The van der Waals surface area contributed by atoms with Crippen molar-refractivity contribution in [2.24, 2.45) is 0 Å². The van der Waals surface area contributed by atoms with E-state index in [1.54, 1.807) is 0 Å². The molecule has 0 aromatic heterocycles. The van der Waals surface area contributed by atoms with Crippen LogP contribution in [-0.4, -0.2) is 25.6 Å². The molecule has 0 saturated carbocycles. The van der Waals surface area contributed by atoms with Gasteiger partial charge in [-0.25, -0.2) is 0 Å². The van der Waals surface area contributed by atoms with Crippen molar-refractivity contribution in [3.8, 4) is 0 Å². The van der Waals surface area contributed by atoms with Crippen LogP contribution in [0, 0.1) is 0 Å². The molecule has 16 heavy (non-hydrogen) atoms. The molecule has 0 aliphatic rings. The lowest BCUT2D eigenvalue weighted by Crippen LogP contribution is -2.35. The molecule has 0 heterocycles. The fourth-order valence-corrected chi connectivity index (χ4v) is 2.07. The molecule has 0 bridgehead atoms. The Morgan fingerprint density at radius 3 is 2.25 bits per heavy atom. The molecule has 2 heteroatoms. The Bertz CT molecular complexity index is 494. The SMILES string of the molecule is C[N+](C)(C)C(Cl)c1cccc2ccccc12. The third kappa shape index (κ3) is 2.06. The maximum Gasteiger partial charge on any atom is 0.190 e. The largest absolute Gasteiger partial charge is 0.312 e. The topological polar surface area (TPSA) is 0 Å². The Morgan fingerprint density at radius 1 is 0.938 bits per heavy atom. The number of nitrogens with zero attached hydrogens (tertiary/aromatic N) is 1. The highest BCUT2D eigenvalue weighted by molar-refractivity contribution is 6.20. The van der Waals surface area contributed by atoms with Crippen molar-refractivity contribution >= 4 is 22.4 Å². The molecule has 2 aromatic rings. The van der Waals surface area contributed by atoms with Crippen LogP contribution < -0.4 is 0 Å². The van der Waals surface area contributed by atoms with Crippen LogP contribution in [0.15, 0.2) is 42.5 Å². The first kappa shape index (κ1) is 11.4. The number of halogens is 1. The summed E-state index contributed by atoms with van der Waals surface area (Å²) in [6, 6.07) is 14.7. The molecule has 2 rings (SSSR count). The summed E-state index contributed by atoms with van der Waals surface area (Å²) in [6.07, 6.45) is 0. The zero-order chi connectivity index (χ0) is 11.8. The van der Waals surface area contributed by atoms with E-state index in [1.807, 2.05) is 0 Å². The lowest BCUT2D eigenvalue weighted by molar-refractivity contribution is -0.888. The Labute approximate surface area is 102 Å². The molecule has 0 aliphatic heterocycles. The van der Waals surface area contributed by atoms with Crippen molar-refractivity contribution in [2.75, 3.05) is 21.1 Å². The fourth-order valence-electron chi connectivity index (χ4n) is 1.88. The van der Waals surface area contributed by atoms with Gasteiger partial charge in [0.1, 0.15) is 0 Å². The molecule has 0 aliphatic carbocycles. The minimum atomic E-state index is -0.0221. The lowest BCUT2D eigenvalue weighted by atomic mass is 10.0. The Kier molecular flexibility index (Phi) is 2.92. The molecule has 1 atom stereocenters. The molecule has 0 N–H and O–H groups in total. The number of hydrogen-bond donors (Lipinski definition) is 0. The van der Waals surface area contributed by atoms with E-state index in [0.29, 0.717) is 0 Å². The summed E-state index contributed by atoms with van der Waals surface area (Å²) in [4.78, 5) is 0. The Hall–Kier alpha value is -1.05. The summed E-state index contributed by atoms with van der Waals surface area (Å²) in [6.45, 7) is 0. The van der Waals surface area contributed by atoms with Gasteiger partial charge in [-0.1, -0.05) is 54.1 Å². The highest BCUT2D eigenvalue weighted by Crippen LogP contribution is 2.32. The minimum absolute atomic E-state index is 0.0221. The summed E-state index contributed by atoms with van der Waals surface area (Å²) in [5.74, 6) is 0. The number of benzene rings is 2. The number of hydrogen-bond acceptors (Lipinski definition) is 0. The quantitative estimate of drug-likeness (QED) is 0.422. The summed E-state index contributed by atoms with van der Waals surface area (Å²) < 4.78 is 0.718. The van der Waals surface area contributed by atoms with Gasteiger partial charge in [-0.2, -0.15) is 0 Å². The van der Waals surface area contributed by atoms with E-state index in [4.69, 9.17) is 11.6 Å². The van der Waals surface area contributed by atoms with Gasteiger partial charge < -0.3 is 4.48 Å². The van der Waals surface area contributed by atoms with Crippen molar-refractivity contribution in [3.63, 3.8) is 0 Å². The fraction of sp³-hybridized carbons (Fsp3) is 0.286. The maximum absolute atomic E-state index is 6.53. The molecule has 0 amide bonds. The highest BCUT2D eigenvalue weighted by atomic mass is 35.5. The second kappa shape index (κ2) is 4.08. The van der Waals surface area contributed by atoms with Crippen molar-refractivity contribution < 1.29 is 4.48 Å². The van der Waals surface area contributed by atoms with Gasteiger partial charge in [0.15, 0.2) is 5.50 Å². The van der Waals surface area contributed by atoms with Gasteiger partial charge in [0.2, 0.25) is 0 Å². The smallest absolute Gasteiger partial charge is 0.190 e. The van der Waals surface area contributed by atoms with E-state index in [0.717, 1.165) is 4.48 Å². The van der Waals surface area contributed by atoms with E-state index in [9.17, 15) is 0 Å². The minimum Gasteiger partial charge on any atom is -0.312 e. The van der Waals surface area contributed by atoms with Gasteiger partial charge in [0.25, 0.3) is 0 Å². The molecule has 0 radical (unpaired) electrons. The highest BCUT2D eigenvalue weighted by Gasteiger charge is 2.24. The second-order valence-electron chi connectivity index (χ2n) is 5.02. The first-order valence-corrected chi connectivity index (χ1v) is 5.86. The predicted octanol–water partition coefficient (Wildman–Crippen LogP) is 3.78. The summed E-state index contributed by atoms with van der Waals surface area (Å²) in [5.41, 5.74) is 1.18. The van der Waals surface area contributed by atoms with Crippen molar-refractivity contribution in [2.45, 2.75) is 5.50 Å². The van der Waals surface area contributed by atoms with Gasteiger partial charge in [-0.3, -0.25) is 0 Å². The molecular weight excluding hydrogens is 218 g/mol. The third-order valence-electron chi connectivity index (χ3n) is 2.76. The average molecular weight is 235 g/mol. The van der Waals surface area contributed by atoms with Gasteiger partial charge >= 0.3 is 0 Å². The van der Waals surface area contributed by atoms with E-state index in [2.05, 4.69) is 63.6 Å². The summed E-state index contributed by atoms with van der Waals surface area (Å²) in [7, 11) is 6.33. The van der Waals surface area contributed by atoms with E-state index in [-0.39, 0.29) is 5.50 Å². The van der Waals surface area contributed by atoms with E-state index >= 15 is 0 Å². The van der Waals surface area contributed by atoms with Crippen molar-refractivity contribution in [1.29, 1.82) is 0 Å². The molecule has 84 valence electrons. The van der Waals surface area contributed by atoms with Gasteiger partial charge in [-0.15, -0.1) is 0 Å². The standard InChI is InChI=1S/C14H17ClN/c1-16(2,3)14(15)13-10-6-8-11-7-4-5-9-12(11)13/h4-10,14H,1-3H3/q+1. The normalized spacial score (nSPS) is 14.0. The molecule has 1 unspecified atom stereocenters.